The highest BCUT2D eigenvalue weighted by molar-refractivity contribution is 6.14. The molecule has 0 unspecified atom stereocenters. The molecule has 2 aromatic heterocycles. The van der Waals surface area contributed by atoms with Gasteiger partial charge in [-0.3, -0.25) is 4.98 Å². The van der Waals surface area contributed by atoms with Gasteiger partial charge in [-0.2, -0.15) is 0 Å². The molecule has 0 aliphatic carbocycles. The lowest BCUT2D eigenvalue weighted by Crippen LogP contribution is -2.11. The van der Waals surface area contributed by atoms with Gasteiger partial charge in [0.2, 0.25) is 0 Å². The molecule has 9 rings (SSSR count). The van der Waals surface area contributed by atoms with Crippen molar-refractivity contribution in [2.45, 2.75) is 0 Å². The van der Waals surface area contributed by atoms with Gasteiger partial charge >= 0.3 is 0 Å². The van der Waals surface area contributed by atoms with Crippen LogP contribution in [-0.2, 0) is 0 Å². The van der Waals surface area contributed by atoms with Crippen LogP contribution >= 0.6 is 0 Å². The minimum atomic E-state index is 0.992. The first-order valence-electron chi connectivity index (χ1n) is 15.0. The maximum absolute atomic E-state index is 4.88. The van der Waals surface area contributed by atoms with Crippen molar-refractivity contribution in [3.8, 4) is 39.1 Å². The van der Waals surface area contributed by atoms with E-state index in [0.717, 1.165) is 33.7 Å². The molecule has 1 aliphatic heterocycles. The number of hydrogen-bond donors (Lipinski definition) is 0. The van der Waals surface area contributed by atoms with Crippen LogP contribution in [0.5, 0.6) is 0 Å². The highest BCUT2D eigenvalue weighted by atomic mass is 15.2. The smallest absolute Gasteiger partial charge is 0.0703 e. The van der Waals surface area contributed by atoms with Crippen molar-refractivity contribution in [1.82, 2.24) is 9.55 Å². The Bertz CT molecular complexity index is 2330. The highest BCUT2D eigenvalue weighted by Crippen LogP contribution is 2.55. The van der Waals surface area contributed by atoms with Crippen LogP contribution in [-0.4, -0.2) is 9.55 Å². The molecule has 1 aliphatic rings. The molecule has 8 aromatic rings. The molecule has 3 nitrogen and oxygen atoms in total. The van der Waals surface area contributed by atoms with E-state index in [1.54, 1.807) is 0 Å². The van der Waals surface area contributed by atoms with Gasteiger partial charge in [0.15, 0.2) is 0 Å². The van der Waals surface area contributed by atoms with E-state index in [4.69, 9.17) is 4.98 Å². The largest absolute Gasteiger partial charge is 0.317 e. The molecule has 0 saturated heterocycles. The number of benzene rings is 6. The molecule has 3 heteroatoms. The maximum Gasteiger partial charge on any atom is 0.0703 e. The van der Waals surface area contributed by atoms with E-state index in [2.05, 4.69) is 161 Å². The molecule has 0 saturated carbocycles. The second-order valence-corrected chi connectivity index (χ2v) is 11.3. The zero-order chi connectivity index (χ0) is 29.0. The zero-order valence-electron chi connectivity index (χ0n) is 23.9. The molecular weight excluding hydrogens is 534 g/mol. The molecule has 0 spiro atoms. The fraction of sp³-hybridized carbons (Fsp3) is 0. The van der Waals surface area contributed by atoms with E-state index in [-0.39, 0.29) is 0 Å². The topological polar surface area (TPSA) is 21.1 Å². The zero-order valence-corrected chi connectivity index (χ0v) is 23.9. The number of para-hydroxylation sites is 4. The quantitative estimate of drug-likeness (QED) is 0.214. The third kappa shape index (κ3) is 3.73. The Morgan fingerprint density at radius 2 is 1.14 bits per heavy atom. The van der Waals surface area contributed by atoms with Crippen molar-refractivity contribution in [1.29, 1.82) is 0 Å². The highest BCUT2D eigenvalue weighted by Gasteiger charge is 2.30. The van der Waals surface area contributed by atoms with Crippen LogP contribution in [0.4, 0.5) is 17.1 Å². The van der Waals surface area contributed by atoms with Crippen molar-refractivity contribution in [3.63, 3.8) is 0 Å². The second-order valence-electron chi connectivity index (χ2n) is 11.3. The van der Waals surface area contributed by atoms with Gasteiger partial charge < -0.3 is 9.47 Å². The van der Waals surface area contributed by atoms with Crippen LogP contribution < -0.4 is 4.90 Å². The summed E-state index contributed by atoms with van der Waals surface area (Å²) in [6.45, 7) is 0. The Balaban J connectivity index is 1.43. The van der Waals surface area contributed by atoms with E-state index in [1.165, 1.54) is 44.3 Å². The summed E-state index contributed by atoms with van der Waals surface area (Å²) in [6.07, 6.45) is 4.21. The van der Waals surface area contributed by atoms with Crippen LogP contribution in [0.1, 0.15) is 0 Å². The maximum atomic E-state index is 4.88. The molecular formula is C41H27N3. The average molecular weight is 562 g/mol. The fourth-order valence-corrected chi connectivity index (χ4v) is 6.86. The summed E-state index contributed by atoms with van der Waals surface area (Å²) in [7, 11) is 0. The molecule has 3 heterocycles. The van der Waals surface area contributed by atoms with Gasteiger partial charge in [0.1, 0.15) is 0 Å². The van der Waals surface area contributed by atoms with Crippen LogP contribution in [0, 0.1) is 0 Å². The summed E-state index contributed by atoms with van der Waals surface area (Å²) in [5, 5.41) is 2.35. The first-order valence-corrected chi connectivity index (χ1v) is 15.0. The minimum Gasteiger partial charge on any atom is -0.317 e. The summed E-state index contributed by atoms with van der Waals surface area (Å²) in [5.74, 6) is 0. The molecule has 206 valence electrons. The summed E-state index contributed by atoms with van der Waals surface area (Å²) >= 11 is 0. The number of aromatic nitrogens is 2. The van der Waals surface area contributed by atoms with Crippen molar-refractivity contribution < 1.29 is 0 Å². The van der Waals surface area contributed by atoms with Crippen LogP contribution in [0.15, 0.2) is 164 Å². The first kappa shape index (κ1) is 24.6. The van der Waals surface area contributed by atoms with Gasteiger partial charge in [-0.25, -0.2) is 0 Å². The molecule has 0 radical (unpaired) electrons. The lowest BCUT2D eigenvalue weighted by Gasteiger charge is -2.27. The second kappa shape index (κ2) is 9.82. The van der Waals surface area contributed by atoms with E-state index in [0.29, 0.717) is 0 Å². The molecule has 0 bridgehead atoms. The van der Waals surface area contributed by atoms with Gasteiger partial charge in [-0.1, -0.05) is 103 Å². The monoisotopic (exact) mass is 561 g/mol. The van der Waals surface area contributed by atoms with Crippen LogP contribution in [0.25, 0.3) is 60.9 Å². The normalized spacial score (nSPS) is 12.0. The molecule has 0 atom stereocenters. The third-order valence-corrected chi connectivity index (χ3v) is 8.78. The predicted octanol–water partition coefficient (Wildman–Crippen LogP) is 11.0. The average Bonchev–Trinajstić information content (AvgIpc) is 3.47. The van der Waals surface area contributed by atoms with E-state index < -0.39 is 0 Å². The number of fused-ring (bicyclic) bond motifs is 7. The summed E-state index contributed by atoms with van der Waals surface area (Å²) in [4.78, 5) is 7.27. The lowest BCUT2D eigenvalue weighted by atomic mass is 9.85. The Kier molecular flexibility index (Phi) is 5.50. The minimum absolute atomic E-state index is 0.992. The summed E-state index contributed by atoms with van der Waals surface area (Å²) < 4.78 is 2.31. The Hall–Kier alpha value is -5.93. The van der Waals surface area contributed by atoms with E-state index >= 15 is 0 Å². The van der Waals surface area contributed by atoms with E-state index in [9.17, 15) is 0 Å². The van der Waals surface area contributed by atoms with Crippen molar-refractivity contribution in [2.75, 3.05) is 4.90 Å². The lowest BCUT2D eigenvalue weighted by molar-refractivity contribution is 1.13. The van der Waals surface area contributed by atoms with E-state index in [1.807, 2.05) is 12.3 Å². The van der Waals surface area contributed by atoms with Gasteiger partial charge in [0.25, 0.3) is 0 Å². The molecule has 0 N–H and O–H groups in total. The first-order chi connectivity index (χ1) is 21.8. The number of pyridine rings is 1. The van der Waals surface area contributed by atoms with Gasteiger partial charge in [-0.05, 0) is 65.2 Å². The molecule has 44 heavy (non-hydrogen) atoms. The number of nitrogens with zero attached hydrogens (tertiary/aromatic N) is 3. The molecule has 0 fully saturated rings. The van der Waals surface area contributed by atoms with Crippen molar-refractivity contribution in [3.05, 3.63) is 164 Å². The predicted molar refractivity (Wildman–Crippen MR) is 183 cm³/mol. The third-order valence-electron chi connectivity index (χ3n) is 8.78. The van der Waals surface area contributed by atoms with Crippen molar-refractivity contribution in [2.24, 2.45) is 0 Å². The Labute approximate surface area is 255 Å². The number of rotatable bonds is 3. The standard InChI is InChI=1S/C41H27N3/c1-3-13-28(14-4-1)40-34-23-24-43(30-16-5-2-6-17-30)39(34)26-35-32-18-8-11-21-37(32)44(38-22-12-9-19-33(38)41(35)40)31-25-29-15-7-10-20-36(29)42-27-31/h1-27H. The van der Waals surface area contributed by atoms with Gasteiger partial charge in [-0.15, -0.1) is 0 Å². The van der Waals surface area contributed by atoms with Gasteiger partial charge in [0, 0.05) is 39.3 Å². The van der Waals surface area contributed by atoms with Crippen molar-refractivity contribution >= 4 is 38.9 Å². The summed E-state index contributed by atoms with van der Waals surface area (Å²) in [6, 6.07) is 54.3. The van der Waals surface area contributed by atoms with Crippen LogP contribution in [0.3, 0.4) is 0 Å². The number of anilines is 3. The Morgan fingerprint density at radius 1 is 0.477 bits per heavy atom. The SMILES string of the molecule is c1ccc(-c2c3c(cc4c2ccn4-c2ccccc2)-c2ccccc2N(c2cnc4ccccc4c2)c2ccccc2-3)cc1. The molecule has 6 aromatic carbocycles. The van der Waals surface area contributed by atoms with Gasteiger partial charge in [0.05, 0.1) is 34.3 Å². The Morgan fingerprint density at radius 3 is 1.95 bits per heavy atom. The number of hydrogen-bond acceptors (Lipinski definition) is 2. The fourth-order valence-electron chi connectivity index (χ4n) is 6.86. The van der Waals surface area contributed by atoms with Crippen LogP contribution in [0.2, 0.25) is 0 Å². The summed E-state index contributed by atoms with van der Waals surface area (Å²) in [5.41, 5.74) is 13.9. The molecule has 0 amide bonds.